The minimum atomic E-state index is -0.156. The first-order chi connectivity index (χ1) is 36.7. The summed E-state index contributed by atoms with van der Waals surface area (Å²) in [5.74, 6) is 6.10. The first-order valence-electron chi connectivity index (χ1n) is 26.8. The standard InChI is InChI=1S/C60H86N2O14.2ClH/c1-61(27-23-43-37-49(65-3)51(67-5)39-45(43)47(61)31-41-33-53(69-7)59(73-11)54(34-41)70-8)25-19-29-75-57(63)21-17-15-13-14-16-18-22-58(64)76-30-20-26-62(2)28-24-44-38-50(66-4)52(68-6)40-46(44)48(62)32-42-35-55(71-9)60(74-12)56(36-42)72-10;;/h33-40,47-48H,13-32H2,1-12H3;2*1H/q+2;;/p-2/t47-,48+,61?,62?;;. The maximum atomic E-state index is 12.9. The molecule has 0 N–H and O–H groups in total. The van der Waals surface area contributed by atoms with Crippen LogP contribution in [0.25, 0.3) is 0 Å². The zero-order valence-electron chi connectivity index (χ0n) is 48.3. The molecule has 0 aliphatic carbocycles. The lowest BCUT2D eigenvalue weighted by atomic mass is 9.86. The Labute approximate surface area is 476 Å². The van der Waals surface area contributed by atoms with Gasteiger partial charge in [0.2, 0.25) is 11.5 Å². The fourth-order valence-corrected chi connectivity index (χ4v) is 11.4. The Morgan fingerprint density at radius 1 is 0.410 bits per heavy atom. The highest BCUT2D eigenvalue weighted by Crippen LogP contribution is 2.47. The van der Waals surface area contributed by atoms with Gasteiger partial charge >= 0.3 is 11.9 Å². The lowest BCUT2D eigenvalue weighted by Gasteiger charge is -2.46. The third-order valence-corrected chi connectivity index (χ3v) is 15.8. The summed E-state index contributed by atoms with van der Waals surface area (Å²) >= 11 is 0. The molecule has 0 bridgehead atoms. The van der Waals surface area contributed by atoms with E-state index in [-0.39, 0.29) is 48.8 Å². The van der Waals surface area contributed by atoms with Crippen molar-refractivity contribution in [1.29, 1.82) is 0 Å². The summed E-state index contributed by atoms with van der Waals surface area (Å²) in [5.41, 5.74) is 7.02. The number of unbranched alkanes of at least 4 members (excludes halogenated alkanes) is 5. The van der Waals surface area contributed by atoms with Gasteiger partial charge in [0.15, 0.2) is 46.0 Å². The summed E-state index contributed by atoms with van der Waals surface area (Å²) in [4.78, 5) is 25.7. The van der Waals surface area contributed by atoms with Crippen LogP contribution in [0.4, 0.5) is 0 Å². The van der Waals surface area contributed by atoms with E-state index in [1.807, 2.05) is 24.3 Å². The summed E-state index contributed by atoms with van der Waals surface area (Å²) in [6.45, 7) is 4.21. The lowest BCUT2D eigenvalue weighted by Crippen LogP contribution is -3.00. The van der Waals surface area contributed by atoms with Crippen LogP contribution in [-0.4, -0.2) is 145 Å². The van der Waals surface area contributed by atoms with Gasteiger partial charge in [-0.3, -0.25) is 9.59 Å². The lowest BCUT2D eigenvalue weighted by molar-refractivity contribution is -0.941. The van der Waals surface area contributed by atoms with Gasteiger partial charge in [0.1, 0.15) is 12.1 Å². The van der Waals surface area contributed by atoms with E-state index in [2.05, 4.69) is 38.4 Å². The van der Waals surface area contributed by atoms with Gasteiger partial charge in [-0.2, -0.15) is 0 Å². The number of ether oxygens (including phenoxy) is 12. The molecule has 434 valence electrons. The molecule has 0 aromatic heterocycles. The van der Waals surface area contributed by atoms with Gasteiger partial charge in [0.25, 0.3) is 0 Å². The molecule has 0 fully saturated rings. The average Bonchev–Trinajstić information content (AvgIpc) is 3.54. The van der Waals surface area contributed by atoms with E-state index in [1.165, 1.54) is 22.3 Å². The highest BCUT2D eigenvalue weighted by molar-refractivity contribution is 5.69. The number of likely N-dealkylation sites (N-methyl/N-ethyl adjacent to an activating group) is 2. The van der Waals surface area contributed by atoms with Crippen LogP contribution >= 0.6 is 0 Å². The number of rotatable bonds is 31. The zero-order chi connectivity index (χ0) is 54.8. The van der Waals surface area contributed by atoms with Gasteiger partial charge in [0.05, 0.1) is 125 Å². The van der Waals surface area contributed by atoms with Crippen molar-refractivity contribution in [1.82, 2.24) is 0 Å². The second-order valence-electron chi connectivity index (χ2n) is 20.4. The Bertz CT molecular complexity index is 2340. The second-order valence-corrected chi connectivity index (χ2v) is 20.4. The van der Waals surface area contributed by atoms with Crippen LogP contribution in [0.5, 0.6) is 57.5 Å². The first-order valence-corrected chi connectivity index (χ1v) is 26.8. The average molecular weight is 1130 g/mol. The summed E-state index contributed by atoms with van der Waals surface area (Å²) in [5, 5.41) is 0. The number of benzene rings is 4. The smallest absolute Gasteiger partial charge is 0.305 e. The van der Waals surface area contributed by atoms with Crippen molar-refractivity contribution < 1.29 is 100 Å². The van der Waals surface area contributed by atoms with Crippen molar-refractivity contribution >= 4 is 11.9 Å². The fourth-order valence-electron chi connectivity index (χ4n) is 11.4. The van der Waals surface area contributed by atoms with E-state index in [4.69, 9.17) is 56.8 Å². The predicted molar refractivity (Wildman–Crippen MR) is 292 cm³/mol. The minimum Gasteiger partial charge on any atom is -1.00 e. The normalized spacial score (nSPS) is 18.1. The fraction of sp³-hybridized carbons (Fsp3) is 0.567. The van der Waals surface area contributed by atoms with Crippen LogP contribution in [0, 0.1) is 0 Å². The number of nitrogens with zero attached hydrogens (tertiary/aromatic N) is 2. The minimum absolute atomic E-state index is 0. The summed E-state index contributed by atoms with van der Waals surface area (Å²) in [6.07, 6.45) is 10.9. The van der Waals surface area contributed by atoms with Crippen molar-refractivity contribution in [2.75, 3.05) is 125 Å². The molecule has 18 heteroatoms. The Balaban J connectivity index is 0.00000656. The van der Waals surface area contributed by atoms with E-state index in [0.717, 1.165) is 122 Å². The molecular formula is C60H86Cl2N2O14. The van der Waals surface area contributed by atoms with Gasteiger partial charge in [-0.1, -0.05) is 25.7 Å². The van der Waals surface area contributed by atoms with Gasteiger partial charge in [-0.15, -0.1) is 0 Å². The summed E-state index contributed by atoms with van der Waals surface area (Å²) in [7, 11) is 21.0. The number of hydrogen-bond donors (Lipinski definition) is 0. The molecule has 0 radical (unpaired) electrons. The van der Waals surface area contributed by atoms with Crippen molar-refractivity contribution in [2.24, 2.45) is 0 Å². The molecule has 0 spiro atoms. The number of methoxy groups -OCH3 is 10. The van der Waals surface area contributed by atoms with Gasteiger partial charge in [-0.05, 0) is 83.6 Å². The maximum absolute atomic E-state index is 12.9. The van der Waals surface area contributed by atoms with Crippen LogP contribution in [-0.2, 0) is 44.7 Å². The van der Waals surface area contributed by atoms with Crippen molar-refractivity contribution in [2.45, 2.75) is 102 Å². The number of carbonyl (C=O) groups is 2. The molecule has 2 aliphatic heterocycles. The van der Waals surface area contributed by atoms with Crippen LogP contribution < -0.4 is 72.2 Å². The van der Waals surface area contributed by atoms with Crippen molar-refractivity contribution in [3.8, 4) is 57.5 Å². The van der Waals surface area contributed by atoms with E-state index < -0.39 is 0 Å². The van der Waals surface area contributed by atoms with Gasteiger partial charge in [0, 0.05) is 62.5 Å². The van der Waals surface area contributed by atoms with Crippen LogP contribution in [0.1, 0.15) is 110 Å². The Morgan fingerprint density at radius 3 is 1.03 bits per heavy atom. The monoisotopic (exact) mass is 1130 g/mol. The molecule has 0 saturated heterocycles. The molecule has 0 amide bonds. The van der Waals surface area contributed by atoms with Gasteiger partial charge < -0.3 is 90.6 Å². The molecule has 4 atom stereocenters. The van der Waals surface area contributed by atoms with Crippen molar-refractivity contribution in [3.05, 3.63) is 81.9 Å². The molecule has 2 aliphatic rings. The van der Waals surface area contributed by atoms with Crippen LogP contribution in [0.3, 0.4) is 0 Å². The van der Waals surface area contributed by atoms with E-state index in [9.17, 15) is 9.59 Å². The summed E-state index contributed by atoms with van der Waals surface area (Å²) in [6, 6.07) is 16.7. The topological polar surface area (TPSA) is 145 Å². The third-order valence-electron chi connectivity index (χ3n) is 15.8. The first kappa shape index (κ1) is 64.8. The Kier molecular flexibility index (Phi) is 25.9. The molecular weight excluding hydrogens is 1040 g/mol. The quantitative estimate of drug-likeness (QED) is 0.0406. The molecule has 6 rings (SSSR count). The molecule has 4 aromatic carbocycles. The van der Waals surface area contributed by atoms with E-state index in [1.54, 1.807) is 71.1 Å². The molecule has 16 nitrogen and oxygen atoms in total. The molecule has 2 heterocycles. The molecule has 78 heavy (non-hydrogen) atoms. The maximum Gasteiger partial charge on any atom is 0.305 e. The van der Waals surface area contributed by atoms with E-state index in [0.29, 0.717) is 84.9 Å². The number of quaternary nitrogens is 2. The molecule has 0 saturated carbocycles. The highest BCUT2D eigenvalue weighted by atomic mass is 35.5. The zero-order valence-corrected chi connectivity index (χ0v) is 49.8. The van der Waals surface area contributed by atoms with E-state index >= 15 is 0 Å². The number of esters is 2. The largest absolute Gasteiger partial charge is 1.00 e. The van der Waals surface area contributed by atoms with Crippen LogP contribution in [0.15, 0.2) is 48.5 Å². The molecule has 2 unspecified atom stereocenters. The predicted octanol–water partition coefficient (Wildman–Crippen LogP) is 4.04. The van der Waals surface area contributed by atoms with Gasteiger partial charge in [-0.25, -0.2) is 0 Å². The SMILES string of the molecule is COc1cc2c(cc1OC)[C@@H](Cc1cc(OC)c(OC)c(OC)c1)[N+](C)(CCCOC(=O)CCCCCCCCC(=O)OCCC[N+]1(C)CCc3cc(OC)c(OC)cc3[C@@H]1Cc1cc(OC)c(OC)c(OC)c1)CC2.[Cl-].[Cl-]. The Morgan fingerprint density at radius 2 is 0.718 bits per heavy atom. The number of hydrogen-bond acceptors (Lipinski definition) is 14. The highest BCUT2D eigenvalue weighted by Gasteiger charge is 2.42. The summed E-state index contributed by atoms with van der Waals surface area (Å²) < 4.78 is 70.0. The number of carbonyl (C=O) groups excluding carboxylic acids is 2. The second kappa shape index (κ2) is 31.2. The third kappa shape index (κ3) is 16.0. The Hall–Kier alpha value is -5.68. The molecule has 4 aromatic rings. The number of fused-ring (bicyclic) bond motifs is 2. The van der Waals surface area contributed by atoms with Crippen molar-refractivity contribution in [3.63, 3.8) is 0 Å². The van der Waals surface area contributed by atoms with Crippen LogP contribution in [0.2, 0.25) is 0 Å². The number of halogens is 2.